The van der Waals surface area contributed by atoms with Gasteiger partial charge in [0.2, 0.25) is 0 Å². The van der Waals surface area contributed by atoms with Gasteiger partial charge in [0.25, 0.3) is 0 Å². The van der Waals surface area contributed by atoms with E-state index in [0.29, 0.717) is 23.7 Å². The summed E-state index contributed by atoms with van der Waals surface area (Å²) < 4.78 is 25.7. The van der Waals surface area contributed by atoms with Crippen LogP contribution in [0.3, 0.4) is 0 Å². The number of hydrogen-bond donors (Lipinski definition) is 2. The summed E-state index contributed by atoms with van der Waals surface area (Å²) in [4.78, 5) is 14.7. The topological polar surface area (TPSA) is 97.7 Å². The first-order valence-electron chi connectivity index (χ1n) is 19.2. The molecule has 2 aliphatic heterocycles. The average molecular weight is 658 g/mol. The molecule has 0 aromatic heterocycles. The summed E-state index contributed by atoms with van der Waals surface area (Å²) in [5.41, 5.74) is -0.854. The van der Waals surface area contributed by atoms with Crippen molar-refractivity contribution in [3.63, 3.8) is 0 Å². The molecule has 0 amide bonds. The standard InChI is InChI=1S/C39H63NO7/c1-22-19-25(33(35(5,6)43)45-23(2)41)46-31-30(22)36(7)15-16-39-21-38(39)14-13-28(47-29-20-40(17-18-44-29)24-9-10-24)34(3,4)26(38)11-12-27(39)37(36,8)32(31)42/h22,24-33,42-43H,9-21H2,1-8H3/t22-,25?,26+,27?,28?,29+,30+,31?,32+,33+,36-,37-,38-,39+/m1/s1. The van der Waals surface area contributed by atoms with Gasteiger partial charge in [-0.2, -0.15) is 0 Å². The first-order valence-corrected chi connectivity index (χ1v) is 19.2. The fraction of sp³-hybridized carbons (Fsp3) is 0.974. The van der Waals surface area contributed by atoms with Crippen LogP contribution in [-0.4, -0.2) is 89.2 Å². The molecular formula is C39H63NO7. The SMILES string of the molecule is CC(=O)O[C@@H](C1C[C@@H](C)[C@H]2C(O1)[C@H](O)[C@@]1(C)C3CC[C@H]4C(C)(C)C(O[C@H]5CN(C6CC6)CCO5)CC[C@@]45C[C@@]35CC[C@]21C)C(C)(C)O. The number of carbonyl (C=O) groups excluding carboxylic acids is 1. The van der Waals surface area contributed by atoms with Crippen LogP contribution < -0.4 is 0 Å². The lowest BCUT2D eigenvalue weighted by atomic mass is 9.41. The quantitative estimate of drug-likeness (QED) is 0.351. The van der Waals surface area contributed by atoms with E-state index in [2.05, 4.69) is 39.5 Å². The van der Waals surface area contributed by atoms with E-state index in [0.717, 1.165) is 45.0 Å². The molecule has 8 rings (SSSR count). The molecular weight excluding hydrogens is 594 g/mol. The van der Waals surface area contributed by atoms with Crippen molar-refractivity contribution in [2.75, 3.05) is 19.7 Å². The van der Waals surface area contributed by atoms with Crippen LogP contribution in [0.15, 0.2) is 0 Å². The molecule has 6 saturated carbocycles. The molecule has 6 aliphatic carbocycles. The van der Waals surface area contributed by atoms with Crippen molar-refractivity contribution in [1.82, 2.24) is 4.90 Å². The molecule has 8 heteroatoms. The van der Waals surface area contributed by atoms with Gasteiger partial charge in [0.15, 0.2) is 12.4 Å². The third-order valence-corrected chi connectivity index (χ3v) is 16.5. The molecule has 2 N–H and O–H groups in total. The van der Waals surface area contributed by atoms with Crippen LogP contribution in [0.2, 0.25) is 0 Å². The van der Waals surface area contributed by atoms with Crippen LogP contribution in [0.5, 0.6) is 0 Å². The predicted octanol–water partition coefficient (Wildman–Crippen LogP) is 5.71. The lowest BCUT2D eigenvalue weighted by Gasteiger charge is -2.64. The molecule has 14 atom stereocenters. The van der Waals surface area contributed by atoms with Gasteiger partial charge in [-0.3, -0.25) is 9.69 Å². The van der Waals surface area contributed by atoms with Crippen LogP contribution in [0.25, 0.3) is 0 Å². The Kier molecular flexibility index (Phi) is 7.55. The second-order valence-corrected chi connectivity index (χ2v) is 19.4. The molecule has 266 valence electrons. The van der Waals surface area contributed by atoms with Gasteiger partial charge in [-0.25, -0.2) is 0 Å². The number of ether oxygens (including phenoxy) is 4. The minimum atomic E-state index is -1.25. The molecule has 8 nitrogen and oxygen atoms in total. The number of morpholine rings is 1. The second kappa shape index (κ2) is 10.6. The van der Waals surface area contributed by atoms with Gasteiger partial charge in [0.05, 0.1) is 36.6 Å². The number of fused-ring (bicyclic) bond motifs is 4. The Morgan fingerprint density at radius 3 is 2.38 bits per heavy atom. The fourth-order valence-corrected chi connectivity index (χ4v) is 14.3. The van der Waals surface area contributed by atoms with Crippen LogP contribution in [-0.2, 0) is 23.7 Å². The van der Waals surface area contributed by atoms with E-state index in [1.165, 1.54) is 45.4 Å². The molecule has 2 heterocycles. The highest BCUT2D eigenvalue weighted by Gasteiger charge is 2.84. The highest BCUT2D eigenvalue weighted by atomic mass is 16.7. The van der Waals surface area contributed by atoms with Gasteiger partial charge in [-0.15, -0.1) is 0 Å². The van der Waals surface area contributed by atoms with E-state index < -0.39 is 29.9 Å². The van der Waals surface area contributed by atoms with E-state index >= 15 is 0 Å². The summed E-state index contributed by atoms with van der Waals surface area (Å²) in [5.74, 6) is 1.18. The maximum Gasteiger partial charge on any atom is 0.303 e. The van der Waals surface area contributed by atoms with Crippen molar-refractivity contribution < 1.29 is 34.0 Å². The van der Waals surface area contributed by atoms with Gasteiger partial charge < -0.3 is 29.2 Å². The van der Waals surface area contributed by atoms with Gasteiger partial charge in [0, 0.05) is 31.5 Å². The number of aliphatic hydroxyl groups is 2. The smallest absolute Gasteiger partial charge is 0.303 e. The number of nitrogens with zero attached hydrogens (tertiary/aromatic N) is 1. The Bertz CT molecular complexity index is 1260. The third-order valence-electron chi connectivity index (χ3n) is 16.5. The molecule has 2 saturated heterocycles. The average Bonchev–Trinajstić information content (AvgIpc) is 3.91. The van der Waals surface area contributed by atoms with Crippen LogP contribution in [0.4, 0.5) is 0 Å². The van der Waals surface area contributed by atoms with E-state index in [-0.39, 0.29) is 52.0 Å². The van der Waals surface area contributed by atoms with Crippen molar-refractivity contribution in [3.05, 3.63) is 0 Å². The Labute approximate surface area is 283 Å². The van der Waals surface area contributed by atoms with Gasteiger partial charge in [-0.1, -0.05) is 34.6 Å². The molecule has 0 aromatic carbocycles. The van der Waals surface area contributed by atoms with Crippen LogP contribution >= 0.6 is 0 Å². The predicted molar refractivity (Wildman–Crippen MR) is 177 cm³/mol. The molecule has 8 fully saturated rings. The highest BCUT2D eigenvalue weighted by Crippen LogP contribution is 2.89. The van der Waals surface area contributed by atoms with Crippen molar-refractivity contribution >= 4 is 5.97 Å². The number of hydrogen-bond acceptors (Lipinski definition) is 8. The molecule has 0 aromatic rings. The third kappa shape index (κ3) is 4.55. The summed E-state index contributed by atoms with van der Waals surface area (Å²) in [6.07, 6.45) is 9.65. The van der Waals surface area contributed by atoms with E-state index in [9.17, 15) is 15.0 Å². The maximum absolute atomic E-state index is 12.6. The normalized spacial score (nSPS) is 52.7. The number of aliphatic hydroxyl groups excluding tert-OH is 1. The summed E-state index contributed by atoms with van der Waals surface area (Å²) >= 11 is 0. The molecule has 8 aliphatic rings. The zero-order valence-corrected chi connectivity index (χ0v) is 30.4. The Hall–Kier alpha value is -0.770. The van der Waals surface area contributed by atoms with Crippen molar-refractivity contribution in [3.8, 4) is 0 Å². The van der Waals surface area contributed by atoms with Crippen molar-refractivity contribution in [1.29, 1.82) is 0 Å². The van der Waals surface area contributed by atoms with E-state index in [1.54, 1.807) is 13.8 Å². The number of rotatable bonds is 6. The van der Waals surface area contributed by atoms with Crippen molar-refractivity contribution in [2.45, 2.75) is 168 Å². The first-order chi connectivity index (χ1) is 22.0. The fourth-order valence-electron chi connectivity index (χ4n) is 14.3. The lowest BCUT2D eigenvalue weighted by Crippen LogP contribution is -2.60. The van der Waals surface area contributed by atoms with Crippen LogP contribution in [0.1, 0.15) is 120 Å². The summed E-state index contributed by atoms with van der Waals surface area (Å²) in [6, 6.07) is 0.749. The van der Waals surface area contributed by atoms with Crippen LogP contribution in [0, 0.1) is 50.7 Å². The van der Waals surface area contributed by atoms with Crippen molar-refractivity contribution in [2.24, 2.45) is 50.7 Å². The number of esters is 1. The number of carbonyl (C=O) groups is 1. The zero-order valence-electron chi connectivity index (χ0n) is 30.4. The van der Waals surface area contributed by atoms with E-state index in [4.69, 9.17) is 18.9 Å². The van der Waals surface area contributed by atoms with Gasteiger partial charge in [0.1, 0.15) is 0 Å². The second-order valence-electron chi connectivity index (χ2n) is 19.4. The minimum absolute atomic E-state index is 0.0404. The first kappa shape index (κ1) is 33.4. The van der Waals surface area contributed by atoms with Gasteiger partial charge >= 0.3 is 5.97 Å². The van der Waals surface area contributed by atoms with Gasteiger partial charge in [-0.05, 0) is 123 Å². The monoisotopic (exact) mass is 657 g/mol. The highest BCUT2D eigenvalue weighted by molar-refractivity contribution is 5.66. The zero-order chi connectivity index (χ0) is 33.5. The maximum atomic E-state index is 12.6. The summed E-state index contributed by atoms with van der Waals surface area (Å²) in [7, 11) is 0. The minimum Gasteiger partial charge on any atom is -0.457 e. The Morgan fingerprint density at radius 2 is 1.70 bits per heavy atom. The molecule has 0 radical (unpaired) electrons. The molecule has 4 unspecified atom stereocenters. The Balaban J connectivity index is 1.04. The largest absolute Gasteiger partial charge is 0.457 e. The molecule has 0 bridgehead atoms. The van der Waals surface area contributed by atoms with E-state index in [1.807, 2.05) is 0 Å². The summed E-state index contributed by atoms with van der Waals surface area (Å²) in [5, 5.41) is 23.6. The lowest BCUT2D eigenvalue weighted by molar-refractivity contribution is -0.249. The summed E-state index contributed by atoms with van der Waals surface area (Å²) in [6.45, 7) is 19.7. The Morgan fingerprint density at radius 1 is 1.00 bits per heavy atom. The molecule has 2 spiro atoms. The molecule has 47 heavy (non-hydrogen) atoms.